The van der Waals surface area contributed by atoms with Crippen molar-refractivity contribution in [3.63, 3.8) is 0 Å². The number of hydrogen-bond donors (Lipinski definition) is 1. The molecule has 0 radical (unpaired) electrons. The molecule has 0 unspecified atom stereocenters. The Labute approximate surface area is 176 Å². The van der Waals surface area contributed by atoms with Crippen molar-refractivity contribution in [3.05, 3.63) is 65.5 Å². The number of fused-ring (bicyclic) bond motifs is 2. The van der Waals surface area contributed by atoms with Gasteiger partial charge in [0.05, 0.1) is 30.3 Å². The number of ether oxygens (including phenoxy) is 2. The third-order valence-corrected chi connectivity index (χ3v) is 4.82. The SMILES string of the molecule is COC(=O)c1c(N)n(CCCOC(=O)c2ccc(F)cc2)c2nc3ccccc3nc12. The fourth-order valence-corrected chi connectivity index (χ4v) is 3.30. The van der Waals surface area contributed by atoms with Crippen molar-refractivity contribution in [2.75, 3.05) is 19.5 Å². The highest BCUT2D eigenvalue weighted by molar-refractivity contribution is 6.08. The number of nitrogen functional groups attached to an aromatic ring is 1. The number of para-hydroxylation sites is 2. The lowest BCUT2D eigenvalue weighted by atomic mass is 10.2. The minimum absolute atomic E-state index is 0.101. The van der Waals surface area contributed by atoms with Crippen LogP contribution in [0.3, 0.4) is 0 Å². The van der Waals surface area contributed by atoms with Gasteiger partial charge in [-0.15, -0.1) is 0 Å². The second-order valence-corrected chi connectivity index (χ2v) is 6.78. The number of esters is 2. The summed E-state index contributed by atoms with van der Waals surface area (Å²) in [5, 5.41) is 0. The van der Waals surface area contributed by atoms with Gasteiger partial charge in [-0.05, 0) is 42.8 Å². The quantitative estimate of drug-likeness (QED) is 0.375. The normalized spacial score (nSPS) is 11.0. The molecule has 0 aliphatic heterocycles. The van der Waals surface area contributed by atoms with Crippen LogP contribution in [0.5, 0.6) is 0 Å². The van der Waals surface area contributed by atoms with Gasteiger partial charge in [-0.2, -0.15) is 0 Å². The number of carbonyl (C=O) groups is 2. The van der Waals surface area contributed by atoms with E-state index >= 15 is 0 Å². The number of anilines is 1. The molecule has 0 bridgehead atoms. The average Bonchev–Trinajstić information content (AvgIpc) is 3.05. The molecule has 8 nitrogen and oxygen atoms in total. The lowest BCUT2D eigenvalue weighted by Gasteiger charge is -2.09. The Bertz CT molecular complexity index is 1280. The van der Waals surface area contributed by atoms with Crippen LogP contribution < -0.4 is 5.73 Å². The first-order chi connectivity index (χ1) is 15.0. The second kappa shape index (κ2) is 8.39. The van der Waals surface area contributed by atoms with Crippen LogP contribution in [0.4, 0.5) is 10.2 Å². The van der Waals surface area contributed by atoms with Crippen LogP contribution in [-0.4, -0.2) is 40.2 Å². The van der Waals surface area contributed by atoms with E-state index in [1.54, 1.807) is 10.6 Å². The minimum Gasteiger partial charge on any atom is -0.465 e. The van der Waals surface area contributed by atoms with Gasteiger partial charge in [0.2, 0.25) is 0 Å². The molecule has 0 aliphatic rings. The summed E-state index contributed by atoms with van der Waals surface area (Å²) in [4.78, 5) is 33.6. The van der Waals surface area contributed by atoms with Gasteiger partial charge < -0.3 is 19.8 Å². The first kappa shape index (κ1) is 20.3. The van der Waals surface area contributed by atoms with E-state index in [0.717, 1.165) is 0 Å². The first-order valence-electron chi connectivity index (χ1n) is 9.55. The molecule has 0 atom stereocenters. The molecule has 4 aromatic rings. The molecule has 2 aromatic heterocycles. The molecule has 0 fully saturated rings. The van der Waals surface area contributed by atoms with Crippen molar-refractivity contribution >= 4 is 40.0 Å². The predicted octanol–water partition coefficient (Wildman–Crippen LogP) is 3.34. The molecule has 31 heavy (non-hydrogen) atoms. The number of rotatable bonds is 6. The summed E-state index contributed by atoms with van der Waals surface area (Å²) in [6.07, 6.45) is 0.413. The smallest absolute Gasteiger partial charge is 0.343 e. The maximum atomic E-state index is 13.0. The van der Waals surface area contributed by atoms with Gasteiger partial charge in [0, 0.05) is 6.54 Å². The number of carbonyl (C=O) groups excluding carboxylic acids is 2. The molecule has 0 amide bonds. The lowest BCUT2D eigenvalue weighted by Crippen LogP contribution is -2.11. The number of hydrogen-bond acceptors (Lipinski definition) is 7. The van der Waals surface area contributed by atoms with Gasteiger partial charge in [-0.25, -0.2) is 23.9 Å². The monoisotopic (exact) mass is 422 g/mol. The van der Waals surface area contributed by atoms with E-state index in [2.05, 4.69) is 9.97 Å². The number of nitrogens with two attached hydrogens (primary N) is 1. The zero-order valence-electron chi connectivity index (χ0n) is 16.7. The zero-order chi connectivity index (χ0) is 22.0. The maximum Gasteiger partial charge on any atom is 0.343 e. The number of methoxy groups -OCH3 is 1. The van der Waals surface area contributed by atoms with E-state index in [9.17, 15) is 14.0 Å². The van der Waals surface area contributed by atoms with Crippen molar-refractivity contribution in [2.45, 2.75) is 13.0 Å². The van der Waals surface area contributed by atoms with Crippen LogP contribution in [0.2, 0.25) is 0 Å². The van der Waals surface area contributed by atoms with Crippen LogP contribution in [0.15, 0.2) is 48.5 Å². The van der Waals surface area contributed by atoms with E-state index in [-0.39, 0.29) is 23.6 Å². The van der Waals surface area contributed by atoms with Crippen molar-refractivity contribution < 1.29 is 23.5 Å². The predicted molar refractivity (Wildman–Crippen MR) is 112 cm³/mol. The number of nitrogens with zero attached hydrogens (tertiary/aromatic N) is 3. The molecule has 2 heterocycles. The number of aromatic nitrogens is 3. The van der Waals surface area contributed by atoms with E-state index < -0.39 is 17.8 Å². The third-order valence-electron chi connectivity index (χ3n) is 4.82. The van der Waals surface area contributed by atoms with E-state index in [0.29, 0.717) is 35.2 Å². The molecule has 158 valence electrons. The van der Waals surface area contributed by atoms with Crippen molar-refractivity contribution in [1.29, 1.82) is 0 Å². The maximum absolute atomic E-state index is 13.0. The molecule has 0 saturated heterocycles. The average molecular weight is 422 g/mol. The molecule has 9 heteroatoms. The van der Waals surface area contributed by atoms with Crippen molar-refractivity contribution in [3.8, 4) is 0 Å². The Morgan fingerprint density at radius 3 is 2.39 bits per heavy atom. The molecular weight excluding hydrogens is 403 g/mol. The lowest BCUT2D eigenvalue weighted by molar-refractivity contribution is 0.0496. The highest BCUT2D eigenvalue weighted by Gasteiger charge is 2.24. The van der Waals surface area contributed by atoms with E-state index in [1.807, 2.05) is 18.2 Å². The van der Waals surface area contributed by atoms with Crippen LogP contribution in [-0.2, 0) is 16.0 Å². The second-order valence-electron chi connectivity index (χ2n) is 6.78. The van der Waals surface area contributed by atoms with Gasteiger partial charge in [0.25, 0.3) is 0 Å². The number of benzene rings is 2. The van der Waals surface area contributed by atoms with Gasteiger partial charge >= 0.3 is 11.9 Å². The highest BCUT2D eigenvalue weighted by atomic mass is 19.1. The Kier molecular flexibility index (Phi) is 5.48. The van der Waals surface area contributed by atoms with Gasteiger partial charge in [0.15, 0.2) is 5.65 Å². The Balaban J connectivity index is 1.57. The van der Waals surface area contributed by atoms with Gasteiger partial charge in [0.1, 0.15) is 22.7 Å². The number of halogens is 1. The molecular formula is C22H19FN4O4. The molecule has 0 spiro atoms. The minimum atomic E-state index is -0.603. The van der Waals surface area contributed by atoms with E-state index in [1.165, 1.54) is 31.4 Å². The van der Waals surface area contributed by atoms with Crippen molar-refractivity contribution in [2.24, 2.45) is 0 Å². The molecule has 0 aliphatic carbocycles. The molecule has 2 aromatic carbocycles. The Morgan fingerprint density at radius 1 is 1.03 bits per heavy atom. The fraction of sp³-hybridized carbons (Fsp3) is 0.182. The van der Waals surface area contributed by atoms with Gasteiger partial charge in [-0.3, -0.25) is 0 Å². The topological polar surface area (TPSA) is 109 Å². The van der Waals surface area contributed by atoms with Crippen LogP contribution in [0.1, 0.15) is 27.1 Å². The Hall–Kier alpha value is -4.01. The third kappa shape index (κ3) is 3.89. The summed E-state index contributed by atoms with van der Waals surface area (Å²) in [5.41, 5.74) is 8.74. The summed E-state index contributed by atoms with van der Waals surface area (Å²) >= 11 is 0. The van der Waals surface area contributed by atoms with Gasteiger partial charge in [-0.1, -0.05) is 12.1 Å². The largest absolute Gasteiger partial charge is 0.465 e. The summed E-state index contributed by atoms with van der Waals surface area (Å²) in [7, 11) is 1.27. The molecule has 0 saturated carbocycles. The summed E-state index contributed by atoms with van der Waals surface area (Å²) < 4.78 is 24.8. The highest BCUT2D eigenvalue weighted by Crippen LogP contribution is 2.28. The number of aryl methyl sites for hydroxylation is 1. The van der Waals surface area contributed by atoms with Crippen LogP contribution >= 0.6 is 0 Å². The summed E-state index contributed by atoms with van der Waals surface area (Å²) in [6, 6.07) is 12.4. The standard InChI is InChI=1S/C22H19FN4O4/c1-30-22(29)17-18-20(26-16-6-3-2-5-15(16)25-18)27(19(17)24)11-4-12-31-21(28)13-7-9-14(23)10-8-13/h2-3,5-10H,4,11-12,24H2,1H3. The van der Waals surface area contributed by atoms with Crippen LogP contribution in [0.25, 0.3) is 22.2 Å². The first-order valence-corrected chi connectivity index (χ1v) is 9.55. The Morgan fingerprint density at radius 2 is 1.71 bits per heavy atom. The zero-order valence-corrected chi connectivity index (χ0v) is 16.7. The van der Waals surface area contributed by atoms with Crippen LogP contribution in [0, 0.1) is 5.82 Å². The summed E-state index contributed by atoms with van der Waals surface area (Å²) in [5.74, 6) is -1.40. The van der Waals surface area contributed by atoms with E-state index in [4.69, 9.17) is 15.2 Å². The fourth-order valence-electron chi connectivity index (χ4n) is 3.30. The summed E-state index contributed by atoms with van der Waals surface area (Å²) in [6.45, 7) is 0.437. The molecule has 4 rings (SSSR count). The molecule has 2 N–H and O–H groups in total. The van der Waals surface area contributed by atoms with Crippen molar-refractivity contribution in [1.82, 2.24) is 14.5 Å².